The van der Waals surface area contributed by atoms with E-state index in [9.17, 15) is 9.59 Å². The smallest absolute Gasteiger partial charge is 0.249 e. The van der Waals surface area contributed by atoms with Gasteiger partial charge in [-0.1, -0.05) is 0 Å². The molecule has 0 N–H and O–H groups in total. The maximum atomic E-state index is 13.0. The number of thioether (sulfide) groups is 1. The number of pyridine rings is 1. The summed E-state index contributed by atoms with van der Waals surface area (Å²) in [4.78, 5) is 34.8. The van der Waals surface area contributed by atoms with Gasteiger partial charge in [-0.15, -0.1) is 24.4 Å². The number of anilines is 1. The van der Waals surface area contributed by atoms with Gasteiger partial charge in [0.2, 0.25) is 11.8 Å². The minimum atomic E-state index is -0.799. The van der Waals surface area contributed by atoms with Crippen molar-refractivity contribution in [1.82, 2.24) is 14.8 Å². The van der Waals surface area contributed by atoms with Crippen LogP contribution < -0.4 is 4.90 Å². The molecule has 1 fully saturated rings. The monoisotopic (exact) mass is 393 g/mol. The summed E-state index contributed by atoms with van der Waals surface area (Å²) in [5.41, 5.74) is -0.395. The molecule has 7 nitrogen and oxygen atoms in total. The van der Waals surface area contributed by atoms with Crippen LogP contribution in [-0.4, -0.2) is 64.5 Å². The van der Waals surface area contributed by atoms with Crippen molar-refractivity contribution in [2.45, 2.75) is 36.2 Å². The van der Waals surface area contributed by atoms with E-state index in [0.29, 0.717) is 29.2 Å². The van der Waals surface area contributed by atoms with Gasteiger partial charge in [-0.3, -0.25) is 19.4 Å². The van der Waals surface area contributed by atoms with Crippen molar-refractivity contribution in [3.63, 3.8) is 0 Å². The first-order chi connectivity index (χ1) is 12.1. The highest BCUT2D eigenvalue weighted by molar-refractivity contribution is 7.98. The molecule has 26 heavy (non-hydrogen) atoms. The zero-order valence-corrected chi connectivity index (χ0v) is 17.3. The van der Waals surface area contributed by atoms with E-state index < -0.39 is 11.0 Å². The number of nitriles is 1. The topological polar surface area (TPSA) is 80.5 Å². The third-order valence-electron chi connectivity index (χ3n) is 4.48. The van der Waals surface area contributed by atoms with Crippen molar-refractivity contribution in [2.24, 2.45) is 0 Å². The van der Waals surface area contributed by atoms with Gasteiger partial charge in [-0.05, 0) is 26.2 Å². The van der Waals surface area contributed by atoms with Crippen LogP contribution in [0.3, 0.4) is 0 Å². The highest BCUT2D eigenvalue weighted by Gasteiger charge is 2.51. The lowest BCUT2D eigenvalue weighted by Crippen LogP contribution is -2.46. The second-order valence-corrected chi connectivity index (χ2v) is 7.98. The fraction of sp³-hybridized carbons (Fsp3) is 0.529. The molecule has 2 rings (SSSR count). The summed E-state index contributed by atoms with van der Waals surface area (Å²) in [6, 6.07) is 3.83. The molecule has 0 aliphatic carbocycles. The van der Waals surface area contributed by atoms with E-state index in [2.05, 4.69) is 17.6 Å². The van der Waals surface area contributed by atoms with Crippen LogP contribution in [0.1, 0.15) is 26.0 Å². The zero-order valence-electron chi connectivity index (χ0n) is 15.6. The Bertz CT molecular complexity index is 760. The average Bonchev–Trinajstić information content (AvgIpc) is 2.77. The molecular weight excluding hydrogens is 370 g/mol. The molecule has 1 saturated heterocycles. The molecule has 0 spiro atoms. The van der Waals surface area contributed by atoms with Crippen LogP contribution in [0.5, 0.6) is 0 Å². The molecule has 1 aromatic heterocycles. The number of thiol groups is 1. The first kappa shape index (κ1) is 20.6. The Kier molecular flexibility index (Phi) is 6.21. The number of aromatic nitrogens is 1. The molecular formula is C17H23N5O2S2. The van der Waals surface area contributed by atoms with Crippen molar-refractivity contribution >= 4 is 41.9 Å². The molecule has 1 atom stereocenters. The summed E-state index contributed by atoms with van der Waals surface area (Å²) in [5, 5.41) is 9.14. The molecule has 0 bridgehead atoms. The van der Waals surface area contributed by atoms with Gasteiger partial charge in [0.15, 0.2) is 5.69 Å². The van der Waals surface area contributed by atoms with Gasteiger partial charge in [-0.2, -0.15) is 5.26 Å². The number of rotatable bonds is 5. The molecule has 1 unspecified atom stereocenters. The predicted molar refractivity (Wildman–Crippen MR) is 105 cm³/mol. The Morgan fingerprint density at radius 1 is 1.50 bits per heavy atom. The molecule has 0 aromatic carbocycles. The lowest BCUT2D eigenvalue weighted by atomic mass is 10.0. The zero-order chi connectivity index (χ0) is 19.6. The molecule has 2 heterocycles. The molecule has 1 aliphatic rings. The van der Waals surface area contributed by atoms with Crippen molar-refractivity contribution < 1.29 is 9.59 Å². The van der Waals surface area contributed by atoms with Crippen LogP contribution in [0.25, 0.3) is 0 Å². The molecule has 9 heteroatoms. The largest absolute Gasteiger partial charge is 0.349 e. The van der Waals surface area contributed by atoms with Gasteiger partial charge in [0.05, 0.1) is 17.4 Å². The maximum Gasteiger partial charge on any atom is 0.249 e. The number of carbonyl (C=O) groups excluding carboxylic acids is 2. The standard InChI is InChI=1S/C17H23N5O2S2/c1-17(2)15(24)22(11-8-13(26-5)12(9-18)19-10-11)16(25)21(17)7-6-14(23)20(3)4/h8,10,16,25H,6-7H2,1-5H3. The maximum absolute atomic E-state index is 13.0. The molecule has 140 valence electrons. The van der Waals surface area contributed by atoms with Crippen LogP contribution in [0.15, 0.2) is 17.2 Å². The second-order valence-electron chi connectivity index (χ2n) is 6.67. The number of hydrogen-bond donors (Lipinski definition) is 1. The van der Waals surface area contributed by atoms with Gasteiger partial charge in [-0.25, -0.2) is 4.98 Å². The van der Waals surface area contributed by atoms with Gasteiger partial charge >= 0.3 is 0 Å². The number of nitrogens with zero attached hydrogens (tertiary/aromatic N) is 5. The van der Waals surface area contributed by atoms with Crippen molar-refractivity contribution in [3.05, 3.63) is 18.0 Å². The van der Waals surface area contributed by atoms with Crippen molar-refractivity contribution in [3.8, 4) is 6.07 Å². The molecule has 2 amide bonds. The average molecular weight is 394 g/mol. The third-order valence-corrected chi connectivity index (χ3v) is 5.74. The summed E-state index contributed by atoms with van der Waals surface area (Å²) >= 11 is 6.04. The minimum Gasteiger partial charge on any atom is -0.349 e. The third kappa shape index (κ3) is 3.68. The fourth-order valence-corrected chi connectivity index (χ4v) is 4.01. The second kappa shape index (κ2) is 7.86. The van der Waals surface area contributed by atoms with Crippen LogP contribution in [0.4, 0.5) is 5.69 Å². The van der Waals surface area contributed by atoms with Crippen LogP contribution in [-0.2, 0) is 9.59 Å². The van der Waals surface area contributed by atoms with Gasteiger partial charge < -0.3 is 4.90 Å². The summed E-state index contributed by atoms with van der Waals surface area (Å²) in [5.74, 6) is -0.120. The fourth-order valence-electron chi connectivity index (χ4n) is 2.84. The molecule has 0 saturated carbocycles. The first-order valence-electron chi connectivity index (χ1n) is 8.08. The molecule has 0 radical (unpaired) electrons. The number of amides is 2. The Hall–Kier alpha value is -1.76. The van der Waals surface area contributed by atoms with Crippen molar-refractivity contribution in [1.29, 1.82) is 5.26 Å². The van der Waals surface area contributed by atoms with Gasteiger partial charge in [0.25, 0.3) is 0 Å². The summed E-state index contributed by atoms with van der Waals surface area (Å²) in [7, 11) is 3.42. The number of carbonyl (C=O) groups is 2. The Morgan fingerprint density at radius 2 is 2.15 bits per heavy atom. The summed E-state index contributed by atoms with van der Waals surface area (Å²) in [6.45, 7) is 4.07. The first-order valence-corrected chi connectivity index (χ1v) is 9.82. The van der Waals surface area contributed by atoms with E-state index >= 15 is 0 Å². The summed E-state index contributed by atoms with van der Waals surface area (Å²) < 4.78 is 0. The SMILES string of the molecule is CSc1cc(N2C(=O)C(C)(C)N(CCC(=O)N(C)C)C2S)cnc1C#N. The van der Waals surface area contributed by atoms with E-state index in [1.165, 1.54) is 22.9 Å². The van der Waals surface area contributed by atoms with Crippen LogP contribution in [0, 0.1) is 11.3 Å². The highest BCUT2D eigenvalue weighted by atomic mass is 32.2. The van der Waals surface area contributed by atoms with Crippen LogP contribution in [0.2, 0.25) is 0 Å². The molecule has 1 aromatic rings. The van der Waals surface area contributed by atoms with Gasteiger partial charge in [0.1, 0.15) is 11.6 Å². The van der Waals surface area contributed by atoms with E-state index in [4.69, 9.17) is 5.26 Å². The lowest BCUT2D eigenvalue weighted by molar-refractivity contribution is -0.130. The van der Waals surface area contributed by atoms with Crippen molar-refractivity contribution in [2.75, 3.05) is 31.8 Å². The Morgan fingerprint density at radius 3 is 2.69 bits per heavy atom. The quantitative estimate of drug-likeness (QED) is 0.607. The Labute approximate surface area is 163 Å². The predicted octanol–water partition coefficient (Wildman–Crippen LogP) is 1.79. The van der Waals surface area contributed by atoms with E-state index in [1.807, 2.05) is 31.1 Å². The Balaban J connectivity index is 2.32. The van der Waals surface area contributed by atoms with E-state index in [-0.39, 0.29) is 11.8 Å². The minimum absolute atomic E-state index is 0.00283. The van der Waals surface area contributed by atoms with E-state index in [1.54, 1.807) is 25.1 Å². The lowest BCUT2D eigenvalue weighted by Gasteiger charge is -2.31. The van der Waals surface area contributed by atoms with Gasteiger partial charge in [0, 0.05) is 32.0 Å². The van der Waals surface area contributed by atoms with Crippen LogP contribution >= 0.6 is 24.4 Å². The normalized spacial score (nSPS) is 19.5. The number of hydrogen-bond acceptors (Lipinski definition) is 7. The summed E-state index contributed by atoms with van der Waals surface area (Å²) in [6.07, 6.45) is 3.68. The van der Waals surface area contributed by atoms with E-state index in [0.717, 1.165) is 0 Å². The highest BCUT2D eigenvalue weighted by Crippen LogP contribution is 2.37. The molecule has 1 aliphatic heterocycles.